The molecule has 3 rings (SSSR count). The van der Waals surface area contributed by atoms with Crippen molar-refractivity contribution in [3.8, 4) is 0 Å². The monoisotopic (exact) mass is 328 g/mol. The van der Waals surface area contributed by atoms with Gasteiger partial charge < -0.3 is 0 Å². The first-order valence-corrected chi connectivity index (χ1v) is 7.74. The molecule has 0 saturated carbocycles. The third-order valence-electron chi connectivity index (χ3n) is 3.56. The van der Waals surface area contributed by atoms with Crippen LogP contribution in [0.2, 0.25) is 10.0 Å². The van der Waals surface area contributed by atoms with Gasteiger partial charge in [-0.3, -0.25) is 9.97 Å². The fraction of sp³-hybridized carbons (Fsp3) is 0.111. The fourth-order valence-corrected chi connectivity index (χ4v) is 3.04. The van der Waals surface area contributed by atoms with Crippen molar-refractivity contribution in [1.29, 1.82) is 0 Å². The van der Waals surface area contributed by atoms with Crippen LogP contribution in [-0.4, -0.2) is 9.97 Å². The lowest BCUT2D eigenvalue weighted by molar-refractivity contribution is 0.766. The zero-order valence-corrected chi connectivity index (χ0v) is 13.3. The van der Waals surface area contributed by atoms with Crippen molar-refractivity contribution in [3.63, 3.8) is 0 Å². The Hall–Kier alpha value is -1.90. The second-order valence-electron chi connectivity index (χ2n) is 5.04. The summed E-state index contributed by atoms with van der Waals surface area (Å²) in [6.07, 6.45) is 5.98. The van der Waals surface area contributed by atoms with Crippen molar-refractivity contribution < 1.29 is 0 Å². The van der Waals surface area contributed by atoms with Crippen LogP contribution >= 0.6 is 23.2 Å². The van der Waals surface area contributed by atoms with E-state index in [1.165, 1.54) is 5.56 Å². The van der Waals surface area contributed by atoms with Crippen LogP contribution in [0, 0.1) is 0 Å². The van der Waals surface area contributed by atoms with E-state index in [4.69, 9.17) is 23.2 Å². The van der Waals surface area contributed by atoms with Crippen molar-refractivity contribution in [1.82, 2.24) is 9.97 Å². The van der Waals surface area contributed by atoms with Crippen molar-refractivity contribution in [2.45, 2.75) is 12.3 Å². The Balaban J connectivity index is 2.03. The summed E-state index contributed by atoms with van der Waals surface area (Å²) in [6, 6.07) is 15.9. The van der Waals surface area contributed by atoms with Crippen LogP contribution in [-0.2, 0) is 6.42 Å². The van der Waals surface area contributed by atoms with Gasteiger partial charge >= 0.3 is 0 Å². The molecule has 4 heteroatoms. The van der Waals surface area contributed by atoms with E-state index >= 15 is 0 Å². The fourth-order valence-electron chi connectivity index (χ4n) is 2.50. The van der Waals surface area contributed by atoms with Gasteiger partial charge in [-0.2, -0.15) is 0 Å². The minimum absolute atomic E-state index is 0.0425. The number of hydrogen-bond donors (Lipinski definition) is 0. The molecule has 22 heavy (non-hydrogen) atoms. The smallest absolute Gasteiger partial charge is 0.0665 e. The molecule has 110 valence electrons. The molecule has 2 aromatic carbocycles. The predicted octanol–water partition coefficient (Wildman–Crippen LogP) is 5.16. The van der Waals surface area contributed by atoms with Crippen LogP contribution in [0.3, 0.4) is 0 Å². The molecule has 0 aliphatic rings. The standard InChI is InChI=1S/C18H14Cl2N2/c19-14-6-7-15(17(20)11-14)16(18-12-21-8-9-22-18)10-13-4-2-1-3-5-13/h1-9,11-12,16H,10H2. The van der Waals surface area contributed by atoms with E-state index in [0.717, 1.165) is 17.7 Å². The average molecular weight is 329 g/mol. The molecule has 1 heterocycles. The molecule has 3 aromatic rings. The van der Waals surface area contributed by atoms with Gasteiger partial charge in [-0.25, -0.2) is 0 Å². The lowest BCUT2D eigenvalue weighted by Crippen LogP contribution is -2.08. The third-order valence-corrected chi connectivity index (χ3v) is 4.12. The minimum Gasteiger partial charge on any atom is -0.261 e. The Labute approximate surface area is 139 Å². The van der Waals surface area contributed by atoms with Gasteiger partial charge in [0.1, 0.15) is 0 Å². The summed E-state index contributed by atoms with van der Waals surface area (Å²) < 4.78 is 0. The average Bonchev–Trinajstić information content (AvgIpc) is 2.55. The summed E-state index contributed by atoms with van der Waals surface area (Å²) in [5.41, 5.74) is 3.13. The highest BCUT2D eigenvalue weighted by Crippen LogP contribution is 2.33. The van der Waals surface area contributed by atoms with E-state index in [-0.39, 0.29) is 5.92 Å². The van der Waals surface area contributed by atoms with E-state index in [2.05, 4.69) is 22.1 Å². The molecule has 1 unspecified atom stereocenters. The van der Waals surface area contributed by atoms with Gasteiger partial charge in [-0.05, 0) is 29.7 Å². The first-order chi connectivity index (χ1) is 10.7. The van der Waals surface area contributed by atoms with Gasteiger partial charge in [0.25, 0.3) is 0 Å². The Kier molecular flexibility index (Phi) is 4.71. The quantitative estimate of drug-likeness (QED) is 0.661. The highest BCUT2D eigenvalue weighted by Gasteiger charge is 2.19. The number of halogens is 2. The van der Waals surface area contributed by atoms with Gasteiger partial charge in [-0.15, -0.1) is 0 Å². The summed E-state index contributed by atoms with van der Waals surface area (Å²) in [5.74, 6) is 0.0425. The molecule has 0 bridgehead atoms. The molecule has 2 nitrogen and oxygen atoms in total. The SMILES string of the molecule is Clc1ccc(C(Cc2ccccc2)c2cnccn2)c(Cl)c1. The van der Waals surface area contributed by atoms with Gasteiger partial charge in [0.15, 0.2) is 0 Å². The maximum absolute atomic E-state index is 6.41. The Bertz CT molecular complexity index is 746. The highest BCUT2D eigenvalue weighted by atomic mass is 35.5. The second-order valence-corrected chi connectivity index (χ2v) is 5.88. The molecule has 0 aliphatic heterocycles. The predicted molar refractivity (Wildman–Crippen MR) is 90.5 cm³/mol. The normalized spacial score (nSPS) is 12.1. The Morgan fingerprint density at radius 1 is 0.955 bits per heavy atom. The van der Waals surface area contributed by atoms with Crippen LogP contribution in [0.15, 0.2) is 67.1 Å². The summed E-state index contributed by atoms with van der Waals surface area (Å²) in [6.45, 7) is 0. The van der Waals surface area contributed by atoms with Crippen LogP contribution < -0.4 is 0 Å². The zero-order chi connectivity index (χ0) is 15.4. The maximum Gasteiger partial charge on any atom is 0.0665 e. The molecule has 0 N–H and O–H groups in total. The number of aromatic nitrogens is 2. The van der Waals surface area contributed by atoms with Gasteiger partial charge in [0.2, 0.25) is 0 Å². The molecular formula is C18H14Cl2N2. The summed E-state index contributed by atoms with van der Waals surface area (Å²) in [5, 5.41) is 1.28. The lowest BCUT2D eigenvalue weighted by atomic mass is 9.89. The summed E-state index contributed by atoms with van der Waals surface area (Å²) >= 11 is 12.4. The molecular weight excluding hydrogens is 315 g/mol. The van der Waals surface area contributed by atoms with Crippen LogP contribution in [0.1, 0.15) is 22.7 Å². The summed E-state index contributed by atoms with van der Waals surface area (Å²) in [4.78, 5) is 8.65. The number of rotatable bonds is 4. The molecule has 0 aliphatic carbocycles. The molecule has 1 atom stereocenters. The Morgan fingerprint density at radius 3 is 2.45 bits per heavy atom. The number of hydrogen-bond acceptors (Lipinski definition) is 2. The second kappa shape index (κ2) is 6.91. The van der Waals surface area contributed by atoms with Crippen molar-refractivity contribution in [2.24, 2.45) is 0 Å². The molecule has 0 saturated heterocycles. The van der Waals surface area contributed by atoms with E-state index in [1.807, 2.05) is 30.3 Å². The van der Waals surface area contributed by atoms with Crippen LogP contribution in [0.25, 0.3) is 0 Å². The highest BCUT2D eigenvalue weighted by molar-refractivity contribution is 6.35. The summed E-state index contributed by atoms with van der Waals surface area (Å²) in [7, 11) is 0. The first-order valence-electron chi connectivity index (χ1n) is 6.99. The van der Waals surface area contributed by atoms with Crippen molar-refractivity contribution >= 4 is 23.2 Å². The van der Waals surface area contributed by atoms with E-state index < -0.39 is 0 Å². The Morgan fingerprint density at radius 2 is 1.77 bits per heavy atom. The number of benzene rings is 2. The van der Waals surface area contributed by atoms with E-state index in [0.29, 0.717) is 10.0 Å². The topological polar surface area (TPSA) is 25.8 Å². The van der Waals surface area contributed by atoms with Crippen LogP contribution in [0.5, 0.6) is 0 Å². The van der Waals surface area contributed by atoms with E-state index in [1.54, 1.807) is 24.7 Å². The van der Waals surface area contributed by atoms with Gasteiger partial charge in [0.05, 0.1) is 5.69 Å². The van der Waals surface area contributed by atoms with Crippen molar-refractivity contribution in [2.75, 3.05) is 0 Å². The molecule has 0 amide bonds. The minimum atomic E-state index is 0.0425. The molecule has 1 aromatic heterocycles. The van der Waals surface area contributed by atoms with Crippen LogP contribution in [0.4, 0.5) is 0 Å². The number of nitrogens with zero attached hydrogens (tertiary/aromatic N) is 2. The first kappa shape index (κ1) is 15.0. The molecule has 0 fully saturated rings. The van der Waals surface area contributed by atoms with Gasteiger partial charge in [-0.1, -0.05) is 59.6 Å². The molecule has 0 spiro atoms. The zero-order valence-electron chi connectivity index (χ0n) is 11.8. The maximum atomic E-state index is 6.41. The third kappa shape index (κ3) is 3.46. The molecule has 0 radical (unpaired) electrons. The van der Waals surface area contributed by atoms with E-state index in [9.17, 15) is 0 Å². The largest absolute Gasteiger partial charge is 0.261 e. The van der Waals surface area contributed by atoms with Crippen molar-refractivity contribution in [3.05, 3.63) is 94.0 Å². The lowest BCUT2D eigenvalue weighted by Gasteiger charge is -2.18. The van der Waals surface area contributed by atoms with Gasteiger partial charge in [0, 0.05) is 34.6 Å².